The molecule has 0 saturated carbocycles. The topological polar surface area (TPSA) is 25.2 Å². The molecular formula is C14H13NOS. The van der Waals surface area contributed by atoms with Gasteiger partial charge in [0, 0.05) is 17.0 Å². The first-order valence-electron chi connectivity index (χ1n) is 5.54. The number of rotatable bonds is 2. The molecule has 0 unspecified atom stereocenters. The van der Waals surface area contributed by atoms with Crippen molar-refractivity contribution in [2.45, 2.75) is 13.5 Å². The Labute approximate surface area is 104 Å². The van der Waals surface area contributed by atoms with Crippen LogP contribution in [0.2, 0.25) is 0 Å². The molecule has 0 bridgehead atoms. The summed E-state index contributed by atoms with van der Waals surface area (Å²) in [6.45, 7) is 2.16. The summed E-state index contributed by atoms with van der Waals surface area (Å²) in [4.78, 5) is 0. The molecular weight excluding hydrogens is 230 g/mol. The highest BCUT2D eigenvalue weighted by Gasteiger charge is 2.08. The van der Waals surface area contributed by atoms with Gasteiger partial charge in [0.1, 0.15) is 0 Å². The fourth-order valence-electron chi connectivity index (χ4n) is 2.23. The maximum atomic E-state index is 9.33. The summed E-state index contributed by atoms with van der Waals surface area (Å²) in [6.07, 6.45) is 2.08. The van der Waals surface area contributed by atoms with E-state index in [2.05, 4.69) is 46.6 Å². The van der Waals surface area contributed by atoms with Crippen molar-refractivity contribution >= 4 is 22.2 Å². The Bertz CT molecular complexity index is 652. The predicted octanol–water partition coefficient (Wildman–Crippen LogP) is 3.49. The third-order valence-electron chi connectivity index (χ3n) is 3.17. The van der Waals surface area contributed by atoms with E-state index in [9.17, 15) is 5.11 Å². The molecule has 0 spiro atoms. The van der Waals surface area contributed by atoms with Gasteiger partial charge in [-0.3, -0.25) is 0 Å². The van der Waals surface area contributed by atoms with E-state index in [-0.39, 0.29) is 6.61 Å². The molecule has 2 aromatic heterocycles. The lowest BCUT2D eigenvalue weighted by atomic mass is 10.1. The van der Waals surface area contributed by atoms with Gasteiger partial charge < -0.3 is 9.67 Å². The van der Waals surface area contributed by atoms with Crippen LogP contribution >= 0.6 is 11.3 Å². The summed E-state index contributed by atoms with van der Waals surface area (Å²) in [5.74, 6) is 0. The maximum Gasteiger partial charge on any atom is 0.0685 e. The Morgan fingerprint density at radius 1 is 1.24 bits per heavy atom. The number of aryl methyl sites for hydroxylation is 1. The molecule has 0 fully saturated rings. The standard InChI is InChI=1S/C14H13NOS/c1-10-12(8-16)3-2-11-4-6-15(14(10)11)13-5-7-17-9-13/h2-7,9,16H,8H2,1H3. The van der Waals surface area contributed by atoms with Crippen LogP contribution in [0, 0.1) is 6.92 Å². The Morgan fingerprint density at radius 2 is 2.12 bits per heavy atom. The van der Waals surface area contributed by atoms with E-state index < -0.39 is 0 Å². The summed E-state index contributed by atoms with van der Waals surface area (Å²) in [7, 11) is 0. The van der Waals surface area contributed by atoms with Gasteiger partial charge in [-0.05, 0) is 35.6 Å². The highest BCUT2D eigenvalue weighted by molar-refractivity contribution is 7.08. The molecule has 0 saturated heterocycles. The third-order valence-corrected chi connectivity index (χ3v) is 3.84. The minimum atomic E-state index is 0.0938. The van der Waals surface area contributed by atoms with Crippen molar-refractivity contribution in [1.82, 2.24) is 4.57 Å². The molecule has 1 N–H and O–H groups in total. The van der Waals surface area contributed by atoms with Crippen LogP contribution in [0.25, 0.3) is 16.6 Å². The van der Waals surface area contributed by atoms with Gasteiger partial charge in [-0.1, -0.05) is 12.1 Å². The number of hydrogen-bond donors (Lipinski definition) is 1. The van der Waals surface area contributed by atoms with Gasteiger partial charge in [0.15, 0.2) is 0 Å². The van der Waals surface area contributed by atoms with Gasteiger partial charge in [-0.15, -0.1) is 0 Å². The quantitative estimate of drug-likeness (QED) is 0.732. The van der Waals surface area contributed by atoms with E-state index in [1.54, 1.807) is 11.3 Å². The first kappa shape index (κ1) is 10.6. The minimum absolute atomic E-state index is 0.0938. The largest absolute Gasteiger partial charge is 0.392 e. The lowest BCUT2D eigenvalue weighted by Crippen LogP contribution is -1.95. The lowest BCUT2D eigenvalue weighted by molar-refractivity contribution is 0.281. The summed E-state index contributed by atoms with van der Waals surface area (Å²) >= 11 is 1.69. The van der Waals surface area contributed by atoms with Crippen molar-refractivity contribution in [2.24, 2.45) is 0 Å². The van der Waals surface area contributed by atoms with Gasteiger partial charge in [0.2, 0.25) is 0 Å². The van der Waals surface area contributed by atoms with Crippen LogP contribution in [0.5, 0.6) is 0 Å². The zero-order valence-electron chi connectivity index (χ0n) is 9.55. The molecule has 86 valence electrons. The van der Waals surface area contributed by atoms with Crippen molar-refractivity contribution in [3.8, 4) is 5.69 Å². The number of aliphatic hydroxyl groups is 1. The second-order valence-corrected chi connectivity index (χ2v) is 4.89. The monoisotopic (exact) mass is 243 g/mol. The van der Waals surface area contributed by atoms with E-state index in [0.29, 0.717) is 0 Å². The number of aromatic nitrogens is 1. The van der Waals surface area contributed by atoms with Crippen LogP contribution < -0.4 is 0 Å². The average Bonchev–Trinajstić information content (AvgIpc) is 2.97. The third kappa shape index (κ3) is 1.59. The van der Waals surface area contributed by atoms with Gasteiger partial charge in [-0.2, -0.15) is 11.3 Å². The number of aliphatic hydroxyl groups excluding tert-OH is 1. The number of benzene rings is 1. The van der Waals surface area contributed by atoms with E-state index >= 15 is 0 Å². The predicted molar refractivity (Wildman–Crippen MR) is 71.8 cm³/mol. The molecule has 0 radical (unpaired) electrons. The molecule has 17 heavy (non-hydrogen) atoms. The van der Waals surface area contributed by atoms with Crippen LogP contribution in [0.1, 0.15) is 11.1 Å². The second-order valence-electron chi connectivity index (χ2n) is 4.11. The second kappa shape index (κ2) is 4.02. The molecule has 3 aromatic rings. The van der Waals surface area contributed by atoms with E-state index in [4.69, 9.17) is 0 Å². The van der Waals surface area contributed by atoms with Crippen molar-refractivity contribution in [2.75, 3.05) is 0 Å². The van der Waals surface area contributed by atoms with E-state index in [0.717, 1.165) is 11.1 Å². The fraction of sp³-hybridized carbons (Fsp3) is 0.143. The molecule has 0 atom stereocenters. The smallest absolute Gasteiger partial charge is 0.0685 e. The Morgan fingerprint density at radius 3 is 2.82 bits per heavy atom. The number of hydrogen-bond acceptors (Lipinski definition) is 2. The molecule has 1 aromatic carbocycles. The van der Waals surface area contributed by atoms with Crippen molar-refractivity contribution in [3.05, 3.63) is 52.3 Å². The van der Waals surface area contributed by atoms with Gasteiger partial charge in [0.25, 0.3) is 0 Å². The molecule has 0 aliphatic rings. The molecule has 3 rings (SSSR count). The number of fused-ring (bicyclic) bond motifs is 1. The molecule has 2 heterocycles. The lowest BCUT2D eigenvalue weighted by Gasteiger charge is -2.08. The van der Waals surface area contributed by atoms with E-state index in [1.165, 1.54) is 16.6 Å². The summed E-state index contributed by atoms with van der Waals surface area (Å²) in [5, 5.41) is 14.7. The summed E-state index contributed by atoms with van der Waals surface area (Å²) < 4.78 is 2.18. The van der Waals surface area contributed by atoms with Crippen LogP contribution in [0.3, 0.4) is 0 Å². The molecule has 0 amide bonds. The number of thiophene rings is 1. The number of nitrogens with zero attached hydrogens (tertiary/aromatic N) is 1. The zero-order valence-corrected chi connectivity index (χ0v) is 10.4. The van der Waals surface area contributed by atoms with Gasteiger partial charge in [0.05, 0.1) is 17.8 Å². The van der Waals surface area contributed by atoms with Crippen LogP contribution in [0.4, 0.5) is 0 Å². The van der Waals surface area contributed by atoms with Crippen LogP contribution in [0.15, 0.2) is 41.2 Å². The first-order valence-corrected chi connectivity index (χ1v) is 6.48. The van der Waals surface area contributed by atoms with Gasteiger partial charge >= 0.3 is 0 Å². The van der Waals surface area contributed by atoms with Gasteiger partial charge in [-0.25, -0.2) is 0 Å². The molecule has 0 aliphatic carbocycles. The Kier molecular flexibility index (Phi) is 2.50. The maximum absolute atomic E-state index is 9.33. The first-order chi connectivity index (χ1) is 8.31. The Balaban J connectivity index is 2.34. The Hall–Kier alpha value is -1.58. The fourth-order valence-corrected chi connectivity index (χ4v) is 2.86. The van der Waals surface area contributed by atoms with E-state index in [1.807, 2.05) is 6.07 Å². The van der Waals surface area contributed by atoms with Crippen LogP contribution in [-0.4, -0.2) is 9.67 Å². The highest BCUT2D eigenvalue weighted by Crippen LogP contribution is 2.27. The zero-order chi connectivity index (χ0) is 11.8. The summed E-state index contributed by atoms with van der Waals surface area (Å²) in [6, 6.07) is 8.28. The normalized spacial score (nSPS) is 11.2. The minimum Gasteiger partial charge on any atom is -0.392 e. The average molecular weight is 243 g/mol. The molecule has 3 heteroatoms. The molecule has 2 nitrogen and oxygen atoms in total. The van der Waals surface area contributed by atoms with Crippen molar-refractivity contribution in [3.63, 3.8) is 0 Å². The molecule has 0 aliphatic heterocycles. The SMILES string of the molecule is Cc1c(CO)ccc2ccn(-c3ccsc3)c12. The van der Waals surface area contributed by atoms with Crippen molar-refractivity contribution in [1.29, 1.82) is 0 Å². The van der Waals surface area contributed by atoms with Crippen molar-refractivity contribution < 1.29 is 5.11 Å². The highest BCUT2D eigenvalue weighted by atomic mass is 32.1. The van der Waals surface area contributed by atoms with Crippen LogP contribution in [-0.2, 0) is 6.61 Å². The summed E-state index contributed by atoms with van der Waals surface area (Å²) in [5.41, 5.74) is 4.52.